The maximum Gasteiger partial charge on any atom is 0.236 e. The van der Waals surface area contributed by atoms with Crippen molar-refractivity contribution in [1.82, 2.24) is 19.2 Å². The molecule has 6 nitrogen and oxygen atoms in total. The van der Waals surface area contributed by atoms with Crippen LogP contribution in [0.4, 0.5) is 0 Å². The average Bonchev–Trinajstić information content (AvgIpc) is 3.19. The molecule has 0 atom stereocenters. The van der Waals surface area contributed by atoms with Gasteiger partial charge in [0.05, 0.1) is 24.5 Å². The maximum absolute atomic E-state index is 12.3. The molecule has 0 unspecified atom stereocenters. The number of amides is 1. The Labute approximate surface area is 139 Å². The second kappa shape index (κ2) is 6.22. The Hall–Kier alpha value is -1.44. The van der Waals surface area contributed by atoms with Crippen molar-refractivity contribution in [3.05, 3.63) is 23.0 Å². The minimum atomic E-state index is 0.201. The van der Waals surface area contributed by atoms with Crippen molar-refractivity contribution in [1.29, 1.82) is 0 Å². The molecule has 7 heteroatoms. The zero-order chi connectivity index (χ0) is 15.8. The highest BCUT2D eigenvalue weighted by Crippen LogP contribution is 2.42. The van der Waals surface area contributed by atoms with E-state index in [1.54, 1.807) is 18.4 Å². The summed E-state index contributed by atoms with van der Waals surface area (Å²) >= 11 is 1.68. The van der Waals surface area contributed by atoms with Crippen molar-refractivity contribution in [3.8, 4) is 0 Å². The SMILES string of the molecule is COCCN1CCN(Cc2c(C3CC3)nc3sccn23)CC1=O. The molecule has 0 N–H and O–H groups in total. The number of piperazine rings is 1. The van der Waals surface area contributed by atoms with Gasteiger partial charge >= 0.3 is 0 Å². The predicted molar refractivity (Wildman–Crippen MR) is 88.8 cm³/mol. The molecule has 0 aromatic carbocycles. The Bertz CT molecular complexity index is 706. The molecule has 23 heavy (non-hydrogen) atoms. The molecule has 0 bridgehead atoms. The summed E-state index contributed by atoms with van der Waals surface area (Å²) in [6.45, 7) is 4.30. The van der Waals surface area contributed by atoms with Crippen molar-refractivity contribution in [2.24, 2.45) is 0 Å². The summed E-state index contributed by atoms with van der Waals surface area (Å²) in [5.74, 6) is 0.836. The van der Waals surface area contributed by atoms with Crippen LogP contribution in [0.1, 0.15) is 30.1 Å². The third-order valence-corrected chi connectivity index (χ3v) is 5.45. The fourth-order valence-electron chi connectivity index (χ4n) is 3.23. The molecule has 1 amide bonds. The first kappa shape index (κ1) is 15.1. The monoisotopic (exact) mass is 334 g/mol. The standard InChI is InChI=1S/C16H22N4O2S/c1-22-8-6-19-5-4-18(11-14(19)21)10-13-15(12-2-3-12)17-16-20(13)7-9-23-16/h7,9,12H,2-6,8,10-11H2,1H3. The Morgan fingerprint density at radius 1 is 1.39 bits per heavy atom. The fourth-order valence-corrected chi connectivity index (χ4v) is 3.97. The number of methoxy groups -OCH3 is 1. The van der Waals surface area contributed by atoms with Gasteiger partial charge in [-0.25, -0.2) is 4.98 Å². The van der Waals surface area contributed by atoms with Crippen molar-refractivity contribution in [2.75, 3.05) is 39.9 Å². The Morgan fingerprint density at radius 2 is 2.26 bits per heavy atom. The lowest BCUT2D eigenvalue weighted by Crippen LogP contribution is -2.50. The van der Waals surface area contributed by atoms with Crippen molar-refractivity contribution in [2.45, 2.75) is 25.3 Å². The van der Waals surface area contributed by atoms with Crippen LogP contribution < -0.4 is 0 Å². The number of nitrogens with zero attached hydrogens (tertiary/aromatic N) is 4. The van der Waals surface area contributed by atoms with Gasteiger partial charge in [0.25, 0.3) is 0 Å². The van der Waals surface area contributed by atoms with E-state index in [-0.39, 0.29) is 5.91 Å². The lowest BCUT2D eigenvalue weighted by molar-refractivity contribution is -0.136. The second-order valence-corrected chi connectivity index (χ2v) is 7.23. The van der Waals surface area contributed by atoms with E-state index in [9.17, 15) is 4.79 Å². The number of fused-ring (bicyclic) bond motifs is 1. The van der Waals surface area contributed by atoms with E-state index in [4.69, 9.17) is 9.72 Å². The first-order valence-corrected chi connectivity index (χ1v) is 9.07. The first-order valence-electron chi connectivity index (χ1n) is 8.19. The van der Waals surface area contributed by atoms with E-state index in [0.717, 1.165) is 24.6 Å². The highest BCUT2D eigenvalue weighted by Gasteiger charge is 2.32. The lowest BCUT2D eigenvalue weighted by Gasteiger charge is -2.34. The third kappa shape index (κ3) is 3.00. The van der Waals surface area contributed by atoms with Crippen LogP contribution in [0, 0.1) is 0 Å². The van der Waals surface area contributed by atoms with Crippen LogP contribution in [-0.4, -0.2) is 65.0 Å². The van der Waals surface area contributed by atoms with Gasteiger partial charge < -0.3 is 9.64 Å². The highest BCUT2D eigenvalue weighted by molar-refractivity contribution is 7.15. The molecule has 1 aliphatic heterocycles. The summed E-state index contributed by atoms with van der Waals surface area (Å²) in [6, 6.07) is 0. The van der Waals surface area contributed by atoms with E-state index in [1.165, 1.54) is 24.2 Å². The largest absolute Gasteiger partial charge is 0.383 e. The molecule has 1 saturated heterocycles. The topological polar surface area (TPSA) is 50.1 Å². The van der Waals surface area contributed by atoms with Crippen LogP contribution >= 0.6 is 11.3 Å². The Kier molecular flexibility index (Phi) is 4.09. The van der Waals surface area contributed by atoms with Gasteiger partial charge in [0.1, 0.15) is 0 Å². The van der Waals surface area contributed by atoms with Gasteiger partial charge in [-0.2, -0.15) is 0 Å². The highest BCUT2D eigenvalue weighted by atomic mass is 32.1. The van der Waals surface area contributed by atoms with E-state index in [0.29, 0.717) is 25.6 Å². The number of imidazole rings is 1. The lowest BCUT2D eigenvalue weighted by atomic mass is 10.2. The smallest absolute Gasteiger partial charge is 0.236 e. The number of hydrogen-bond donors (Lipinski definition) is 0. The van der Waals surface area contributed by atoms with Crippen LogP contribution in [0.2, 0.25) is 0 Å². The van der Waals surface area contributed by atoms with Gasteiger partial charge in [0.2, 0.25) is 5.91 Å². The Morgan fingerprint density at radius 3 is 3.00 bits per heavy atom. The number of carbonyl (C=O) groups is 1. The number of thiazole rings is 1. The summed E-state index contributed by atoms with van der Waals surface area (Å²) in [7, 11) is 1.67. The fraction of sp³-hybridized carbons (Fsp3) is 0.625. The quantitative estimate of drug-likeness (QED) is 0.804. The van der Waals surface area contributed by atoms with Gasteiger partial charge in [-0.05, 0) is 12.8 Å². The predicted octanol–water partition coefficient (Wildman–Crippen LogP) is 1.56. The number of ether oxygens (including phenoxy) is 1. The third-order valence-electron chi connectivity index (χ3n) is 4.69. The average molecular weight is 334 g/mol. The number of aromatic nitrogens is 2. The summed E-state index contributed by atoms with van der Waals surface area (Å²) < 4.78 is 7.28. The summed E-state index contributed by atoms with van der Waals surface area (Å²) in [5.41, 5.74) is 2.54. The number of carbonyl (C=O) groups excluding carboxylic acids is 1. The second-order valence-electron chi connectivity index (χ2n) is 6.36. The van der Waals surface area contributed by atoms with Crippen LogP contribution in [0.25, 0.3) is 4.96 Å². The van der Waals surface area contributed by atoms with Crippen molar-refractivity contribution in [3.63, 3.8) is 0 Å². The summed E-state index contributed by atoms with van der Waals surface area (Å²) in [4.78, 5) is 22.3. The number of hydrogen-bond acceptors (Lipinski definition) is 5. The summed E-state index contributed by atoms with van der Waals surface area (Å²) in [5, 5.41) is 2.08. The molecular formula is C16H22N4O2S. The molecule has 2 aromatic rings. The van der Waals surface area contributed by atoms with Crippen LogP contribution in [0.15, 0.2) is 11.6 Å². The zero-order valence-electron chi connectivity index (χ0n) is 13.4. The molecule has 3 heterocycles. The molecule has 0 radical (unpaired) electrons. The Balaban J connectivity index is 1.47. The first-order chi connectivity index (χ1) is 11.3. The molecule has 2 aromatic heterocycles. The van der Waals surface area contributed by atoms with Gasteiger partial charge in [0.15, 0.2) is 4.96 Å². The van der Waals surface area contributed by atoms with Gasteiger partial charge in [-0.15, -0.1) is 11.3 Å². The van der Waals surface area contributed by atoms with Crippen molar-refractivity contribution < 1.29 is 9.53 Å². The minimum absolute atomic E-state index is 0.201. The van der Waals surface area contributed by atoms with Gasteiger partial charge in [-0.3, -0.25) is 14.1 Å². The molecule has 1 saturated carbocycles. The molecule has 2 aliphatic rings. The summed E-state index contributed by atoms with van der Waals surface area (Å²) in [6.07, 6.45) is 4.61. The maximum atomic E-state index is 12.3. The van der Waals surface area contributed by atoms with Crippen LogP contribution in [-0.2, 0) is 16.1 Å². The normalized spacial score (nSPS) is 19.9. The van der Waals surface area contributed by atoms with Crippen molar-refractivity contribution >= 4 is 22.2 Å². The van der Waals surface area contributed by atoms with Crippen LogP contribution in [0.5, 0.6) is 0 Å². The molecular weight excluding hydrogens is 312 g/mol. The molecule has 2 fully saturated rings. The van der Waals surface area contributed by atoms with Gasteiger partial charge in [0, 0.05) is 50.8 Å². The van der Waals surface area contributed by atoms with E-state index in [2.05, 4.69) is 20.9 Å². The molecule has 124 valence electrons. The minimum Gasteiger partial charge on any atom is -0.383 e. The molecule has 1 aliphatic carbocycles. The zero-order valence-corrected chi connectivity index (χ0v) is 14.2. The van der Waals surface area contributed by atoms with E-state index < -0.39 is 0 Å². The van der Waals surface area contributed by atoms with Crippen LogP contribution in [0.3, 0.4) is 0 Å². The van der Waals surface area contributed by atoms with Gasteiger partial charge in [-0.1, -0.05) is 0 Å². The van der Waals surface area contributed by atoms with E-state index >= 15 is 0 Å². The molecule has 0 spiro atoms. The number of rotatable bonds is 6. The van der Waals surface area contributed by atoms with E-state index in [1.807, 2.05) is 4.90 Å². The molecule has 4 rings (SSSR count).